The Balaban J connectivity index is 1.36. The third kappa shape index (κ3) is 3.00. The minimum Gasteiger partial charge on any atom is -0.378 e. The first-order chi connectivity index (χ1) is 11.7. The second-order valence-corrected chi connectivity index (χ2v) is 7.28. The SMILES string of the molecule is NC1C2CCC(C2)C1C(=O)NCc1ccnc(N2CCOCC2)c1. The highest BCUT2D eigenvalue weighted by atomic mass is 16.5. The predicted molar refractivity (Wildman–Crippen MR) is 91.4 cm³/mol. The van der Waals surface area contributed by atoms with Gasteiger partial charge in [0.2, 0.25) is 5.91 Å². The van der Waals surface area contributed by atoms with Gasteiger partial charge in [0.15, 0.2) is 0 Å². The molecular weight excluding hydrogens is 304 g/mol. The zero-order valence-electron chi connectivity index (χ0n) is 14.0. The van der Waals surface area contributed by atoms with Crippen LogP contribution in [0.1, 0.15) is 24.8 Å². The highest BCUT2D eigenvalue weighted by Gasteiger charge is 2.48. The molecule has 130 valence electrons. The van der Waals surface area contributed by atoms with E-state index in [1.807, 2.05) is 12.3 Å². The summed E-state index contributed by atoms with van der Waals surface area (Å²) in [6.45, 7) is 3.75. The number of amides is 1. The van der Waals surface area contributed by atoms with E-state index >= 15 is 0 Å². The van der Waals surface area contributed by atoms with Crippen molar-refractivity contribution in [3.8, 4) is 0 Å². The van der Waals surface area contributed by atoms with Crippen LogP contribution >= 0.6 is 0 Å². The van der Waals surface area contributed by atoms with Gasteiger partial charge < -0.3 is 20.7 Å². The zero-order chi connectivity index (χ0) is 16.5. The van der Waals surface area contributed by atoms with Gasteiger partial charge in [0.1, 0.15) is 5.82 Å². The summed E-state index contributed by atoms with van der Waals surface area (Å²) in [7, 11) is 0. The third-order valence-corrected chi connectivity index (χ3v) is 5.90. The average Bonchev–Trinajstić information content (AvgIpc) is 3.22. The van der Waals surface area contributed by atoms with Crippen molar-refractivity contribution >= 4 is 11.7 Å². The van der Waals surface area contributed by atoms with Crippen molar-refractivity contribution in [2.75, 3.05) is 31.2 Å². The standard InChI is InChI=1S/C18H26N4O2/c19-17-14-2-1-13(10-14)16(17)18(23)21-11-12-3-4-20-15(9-12)22-5-7-24-8-6-22/h3-4,9,13-14,16-17H,1-2,5-8,10-11,19H2,(H,21,23). The molecule has 0 aromatic carbocycles. The minimum absolute atomic E-state index is 0.00398. The van der Waals surface area contributed by atoms with Gasteiger partial charge in [0, 0.05) is 31.9 Å². The molecule has 1 aromatic rings. The Labute approximate surface area is 142 Å². The van der Waals surface area contributed by atoms with Crippen molar-refractivity contribution < 1.29 is 9.53 Å². The minimum atomic E-state index is 0.00398. The van der Waals surface area contributed by atoms with Gasteiger partial charge in [-0.15, -0.1) is 0 Å². The predicted octanol–water partition coefficient (Wildman–Crippen LogP) is 0.908. The molecule has 2 heterocycles. The van der Waals surface area contributed by atoms with Gasteiger partial charge in [-0.25, -0.2) is 4.98 Å². The quantitative estimate of drug-likeness (QED) is 0.858. The highest BCUT2D eigenvalue weighted by Crippen LogP contribution is 2.47. The van der Waals surface area contributed by atoms with E-state index < -0.39 is 0 Å². The van der Waals surface area contributed by atoms with Crippen molar-refractivity contribution in [3.05, 3.63) is 23.9 Å². The Morgan fingerprint density at radius 3 is 2.88 bits per heavy atom. The Bertz CT molecular complexity index is 600. The van der Waals surface area contributed by atoms with Gasteiger partial charge in [-0.2, -0.15) is 0 Å². The number of fused-ring (bicyclic) bond motifs is 2. The smallest absolute Gasteiger partial charge is 0.225 e. The molecule has 24 heavy (non-hydrogen) atoms. The fourth-order valence-corrected chi connectivity index (χ4v) is 4.57. The number of pyridine rings is 1. The van der Waals surface area contributed by atoms with E-state index in [0.717, 1.165) is 50.5 Å². The lowest BCUT2D eigenvalue weighted by Gasteiger charge is -2.28. The normalized spacial score (nSPS) is 32.1. The second-order valence-electron chi connectivity index (χ2n) is 7.28. The first-order valence-electron chi connectivity index (χ1n) is 9.03. The van der Waals surface area contributed by atoms with Crippen molar-refractivity contribution in [2.45, 2.75) is 31.8 Å². The number of carbonyl (C=O) groups is 1. The van der Waals surface area contributed by atoms with E-state index in [1.165, 1.54) is 6.42 Å². The molecule has 0 radical (unpaired) electrons. The molecule has 1 aromatic heterocycles. The Morgan fingerprint density at radius 1 is 1.33 bits per heavy atom. The van der Waals surface area contributed by atoms with Crippen LogP contribution in [0.5, 0.6) is 0 Å². The summed E-state index contributed by atoms with van der Waals surface area (Å²) in [4.78, 5) is 19.2. The van der Waals surface area contributed by atoms with E-state index in [2.05, 4.69) is 21.3 Å². The van der Waals surface area contributed by atoms with Crippen LogP contribution in [0.3, 0.4) is 0 Å². The fraction of sp³-hybridized carbons (Fsp3) is 0.667. The maximum Gasteiger partial charge on any atom is 0.225 e. The van der Waals surface area contributed by atoms with Crippen molar-refractivity contribution in [1.82, 2.24) is 10.3 Å². The largest absolute Gasteiger partial charge is 0.378 e. The van der Waals surface area contributed by atoms with Crippen LogP contribution < -0.4 is 16.0 Å². The van der Waals surface area contributed by atoms with Crippen LogP contribution in [0, 0.1) is 17.8 Å². The summed E-state index contributed by atoms with van der Waals surface area (Å²) >= 11 is 0. The molecule has 6 nitrogen and oxygen atoms in total. The lowest BCUT2D eigenvalue weighted by Crippen LogP contribution is -2.45. The Kier molecular flexibility index (Phi) is 4.41. The van der Waals surface area contributed by atoms with Crippen molar-refractivity contribution in [2.24, 2.45) is 23.5 Å². The third-order valence-electron chi connectivity index (χ3n) is 5.90. The molecule has 2 saturated carbocycles. The molecule has 3 N–H and O–H groups in total. The second kappa shape index (κ2) is 6.69. The fourth-order valence-electron chi connectivity index (χ4n) is 4.57. The molecular formula is C18H26N4O2. The topological polar surface area (TPSA) is 80.5 Å². The highest BCUT2D eigenvalue weighted by molar-refractivity contribution is 5.80. The number of hydrogen-bond donors (Lipinski definition) is 2. The number of aromatic nitrogens is 1. The maximum atomic E-state index is 12.6. The maximum absolute atomic E-state index is 12.6. The number of nitrogens with zero attached hydrogens (tertiary/aromatic N) is 2. The molecule has 1 amide bonds. The van der Waals surface area contributed by atoms with Crippen LogP contribution in [0.25, 0.3) is 0 Å². The monoisotopic (exact) mass is 330 g/mol. The molecule has 4 atom stereocenters. The molecule has 2 bridgehead atoms. The van der Waals surface area contributed by atoms with E-state index in [-0.39, 0.29) is 17.9 Å². The van der Waals surface area contributed by atoms with Gasteiger partial charge in [0.25, 0.3) is 0 Å². The zero-order valence-corrected chi connectivity index (χ0v) is 14.0. The molecule has 1 aliphatic heterocycles. The van der Waals surface area contributed by atoms with Crippen LogP contribution in [-0.2, 0) is 16.1 Å². The molecule has 2 aliphatic carbocycles. The molecule has 1 saturated heterocycles. The summed E-state index contributed by atoms with van der Waals surface area (Å²) < 4.78 is 5.38. The molecule has 3 fully saturated rings. The summed E-state index contributed by atoms with van der Waals surface area (Å²) in [5, 5.41) is 3.10. The van der Waals surface area contributed by atoms with Gasteiger partial charge in [-0.05, 0) is 48.8 Å². The first-order valence-corrected chi connectivity index (χ1v) is 9.03. The van der Waals surface area contributed by atoms with Gasteiger partial charge in [-0.1, -0.05) is 0 Å². The number of anilines is 1. The van der Waals surface area contributed by atoms with E-state index in [0.29, 0.717) is 18.4 Å². The van der Waals surface area contributed by atoms with Gasteiger partial charge in [0.05, 0.1) is 19.1 Å². The number of ether oxygens (including phenoxy) is 1. The number of rotatable bonds is 4. The van der Waals surface area contributed by atoms with Crippen LogP contribution in [0.15, 0.2) is 18.3 Å². The Hall–Kier alpha value is -1.66. The molecule has 4 rings (SSSR count). The average molecular weight is 330 g/mol. The van der Waals surface area contributed by atoms with Gasteiger partial charge >= 0.3 is 0 Å². The van der Waals surface area contributed by atoms with E-state index in [1.54, 1.807) is 0 Å². The number of morpholine rings is 1. The summed E-state index contributed by atoms with van der Waals surface area (Å²) in [6.07, 6.45) is 5.31. The van der Waals surface area contributed by atoms with Crippen molar-refractivity contribution in [1.29, 1.82) is 0 Å². The lowest BCUT2D eigenvalue weighted by atomic mass is 9.84. The molecule has 4 unspecified atom stereocenters. The summed E-state index contributed by atoms with van der Waals surface area (Å²) in [6, 6.07) is 4.07. The number of nitrogens with two attached hydrogens (primary N) is 1. The molecule has 3 aliphatic rings. The summed E-state index contributed by atoms with van der Waals surface area (Å²) in [5.74, 6) is 2.14. The number of nitrogens with one attached hydrogen (secondary N) is 1. The molecule has 0 spiro atoms. The van der Waals surface area contributed by atoms with Gasteiger partial charge in [-0.3, -0.25) is 4.79 Å². The van der Waals surface area contributed by atoms with Crippen molar-refractivity contribution in [3.63, 3.8) is 0 Å². The van der Waals surface area contributed by atoms with E-state index in [9.17, 15) is 4.79 Å². The first kappa shape index (κ1) is 15.8. The van der Waals surface area contributed by atoms with E-state index in [4.69, 9.17) is 10.5 Å². The Morgan fingerprint density at radius 2 is 2.12 bits per heavy atom. The van der Waals surface area contributed by atoms with Crippen LogP contribution in [0.4, 0.5) is 5.82 Å². The molecule has 6 heteroatoms. The van der Waals surface area contributed by atoms with Crippen LogP contribution in [0.2, 0.25) is 0 Å². The summed E-state index contributed by atoms with van der Waals surface area (Å²) in [5.41, 5.74) is 7.35. The lowest BCUT2D eigenvalue weighted by molar-refractivity contribution is -0.127. The van der Waals surface area contributed by atoms with Crippen LogP contribution in [-0.4, -0.2) is 43.2 Å². The number of carbonyl (C=O) groups excluding carboxylic acids is 1. The number of hydrogen-bond acceptors (Lipinski definition) is 5.